The molecule has 228 valence electrons. The van der Waals surface area contributed by atoms with Gasteiger partial charge >= 0.3 is 17.1 Å². The fraction of sp³-hybridized carbons (Fsp3) is 0.800. The first-order chi connectivity index (χ1) is 20.2. The van der Waals surface area contributed by atoms with Crippen molar-refractivity contribution in [3.05, 3.63) is 31.5 Å². The van der Waals surface area contributed by atoms with Gasteiger partial charge in [-0.15, -0.1) is 0 Å². The molecule has 0 bridgehead atoms. The van der Waals surface area contributed by atoms with E-state index in [0.717, 1.165) is 25.7 Å². The second-order valence-electron chi connectivity index (χ2n) is 12.6. The van der Waals surface area contributed by atoms with Crippen molar-refractivity contribution >= 4 is 18.2 Å². The zero-order chi connectivity index (χ0) is 30.4. The summed E-state index contributed by atoms with van der Waals surface area (Å²) < 4.78 is 3.90. The van der Waals surface area contributed by atoms with Crippen LogP contribution in [0.3, 0.4) is 0 Å². The van der Waals surface area contributed by atoms with Gasteiger partial charge in [-0.2, -0.15) is 0 Å². The Labute approximate surface area is 244 Å². The van der Waals surface area contributed by atoms with Crippen LogP contribution in [0.15, 0.2) is 29.4 Å². The molecule has 7 atom stereocenters. The van der Waals surface area contributed by atoms with Gasteiger partial charge in [0.1, 0.15) is 0 Å². The molecular formula is C30H42N6O6. The molecule has 3 fully saturated rings. The first kappa shape index (κ1) is 31.5. The highest BCUT2D eigenvalue weighted by Gasteiger charge is 2.36. The molecule has 0 aliphatic heterocycles. The largest absolute Gasteiger partial charge is 0.336 e. The lowest BCUT2D eigenvalue weighted by Crippen LogP contribution is -2.58. The maximum absolute atomic E-state index is 14.2. The normalized spacial score (nSPS) is 30.1. The van der Waals surface area contributed by atoms with Crippen LogP contribution in [0.4, 0.5) is 0 Å². The van der Waals surface area contributed by atoms with E-state index in [1.165, 1.54) is 13.7 Å². The molecule has 1 heterocycles. The lowest BCUT2D eigenvalue weighted by molar-refractivity contribution is 0.185. The third kappa shape index (κ3) is 6.62. The Hall–Kier alpha value is -3.45. The van der Waals surface area contributed by atoms with Gasteiger partial charge in [0.2, 0.25) is 18.2 Å². The Morgan fingerprint density at radius 1 is 0.524 bits per heavy atom. The minimum absolute atomic E-state index is 0.0155. The Balaban J connectivity index is 1.78. The van der Waals surface area contributed by atoms with E-state index >= 15 is 0 Å². The zero-order valence-corrected chi connectivity index (χ0v) is 24.8. The van der Waals surface area contributed by atoms with Gasteiger partial charge in [-0.1, -0.05) is 12.8 Å². The van der Waals surface area contributed by atoms with Gasteiger partial charge in [-0.3, -0.25) is 0 Å². The number of hydrogen-bond donors (Lipinski definition) is 0. The Morgan fingerprint density at radius 2 is 0.881 bits per heavy atom. The molecule has 3 saturated carbocycles. The first-order valence-electron chi connectivity index (χ1n) is 15.4. The van der Waals surface area contributed by atoms with E-state index in [1.807, 2.05) is 20.8 Å². The van der Waals surface area contributed by atoms with Gasteiger partial charge in [0.25, 0.3) is 0 Å². The summed E-state index contributed by atoms with van der Waals surface area (Å²) in [5.41, 5.74) is -1.74. The van der Waals surface area contributed by atoms with Gasteiger partial charge in [-0.25, -0.2) is 57.4 Å². The summed E-state index contributed by atoms with van der Waals surface area (Å²) in [5, 5.41) is 0. The van der Waals surface area contributed by atoms with Crippen LogP contribution < -0.4 is 17.1 Å². The van der Waals surface area contributed by atoms with Crippen LogP contribution in [-0.4, -0.2) is 50.1 Å². The van der Waals surface area contributed by atoms with Crippen LogP contribution >= 0.6 is 0 Å². The van der Waals surface area contributed by atoms with Crippen LogP contribution in [0, 0.1) is 17.8 Å². The third-order valence-electron chi connectivity index (χ3n) is 10.3. The highest BCUT2D eigenvalue weighted by Crippen LogP contribution is 2.37. The minimum atomic E-state index is -0.585. The molecule has 7 unspecified atom stereocenters. The van der Waals surface area contributed by atoms with Gasteiger partial charge in [-0.05, 0) is 103 Å². The molecule has 42 heavy (non-hydrogen) atoms. The van der Waals surface area contributed by atoms with Gasteiger partial charge in [0, 0.05) is 18.1 Å². The van der Waals surface area contributed by atoms with Gasteiger partial charge < -0.3 is 0 Å². The average molecular weight is 583 g/mol. The van der Waals surface area contributed by atoms with Crippen molar-refractivity contribution in [3.63, 3.8) is 0 Å². The number of hydrogen-bond acceptors (Lipinski definition) is 9. The molecule has 0 aromatic carbocycles. The fourth-order valence-corrected chi connectivity index (χ4v) is 7.69. The second kappa shape index (κ2) is 14.1. The van der Waals surface area contributed by atoms with E-state index in [0.29, 0.717) is 51.4 Å². The third-order valence-corrected chi connectivity index (χ3v) is 10.3. The van der Waals surface area contributed by atoms with E-state index in [1.54, 1.807) is 18.2 Å². The number of isocyanates is 3. The molecule has 3 aliphatic carbocycles. The Morgan fingerprint density at radius 3 is 1.26 bits per heavy atom. The van der Waals surface area contributed by atoms with Crippen LogP contribution in [0.1, 0.15) is 116 Å². The zero-order valence-electron chi connectivity index (χ0n) is 24.8. The maximum Gasteiger partial charge on any atom is 0.336 e. The molecular weight excluding hydrogens is 540 g/mol. The molecule has 12 heteroatoms. The number of aromatic nitrogens is 3. The molecule has 0 saturated heterocycles. The summed E-state index contributed by atoms with van der Waals surface area (Å²) in [6.07, 6.45) is 12.9. The van der Waals surface area contributed by atoms with Crippen LogP contribution in [0.2, 0.25) is 0 Å². The van der Waals surface area contributed by atoms with E-state index in [-0.39, 0.29) is 41.9 Å². The molecule has 1 aromatic rings. The lowest BCUT2D eigenvalue weighted by Gasteiger charge is -2.36. The van der Waals surface area contributed by atoms with Crippen molar-refractivity contribution in [1.82, 2.24) is 13.7 Å². The molecule has 3 aliphatic rings. The molecule has 1 aromatic heterocycles. The molecule has 0 radical (unpaired) electrons. The standard InChI is InChI=1S/C30H42N6O6/c1-19(31-16-37)22-10-12-25(13-11-22)34-28(40)35(26-8-4-6-23(14-26)20(2)32-17-38)30(42)36(29(34)41)27-9-5-7-24(15-27)21(3)33-18-39/h19-27H,4-15H2,1-3H3. The van der Waals surface area contributed by atoms with Crippen molar-refractivity contribution in [2.45, 2.75) is 134 Å². The van der Waals surface area contributed by atoms with Crippen LogP contribution in [0.5, 0.6) is 0 Å². The summed E-state index contributed by atoms with van der Waals surface area (Å²) >= 11 is 0. The monoisotopic (exact) mass is 582 g/mol. The Bertz CT molecular complexity index is 1350. The molecule has 12 nitrogen and oxygen atoms in total. The highest BCUT2D eigenvalue weighted by atomic mass is 16.2. The minimum Gasteiger partial charge on any atom is -0.247 e. The van der Waals surface area contributed by atoms with E-state index in [2.05, 4.69) is 15.0 Å². The van der Waals surface area contributed by atoms with Crippen molar-refractivity contribution in [3.8, 4) is 0 Å². The molecule has 0 spiro atoms. The first-order valence-corrected chi connectivity index (χ1v) is 15.4. The SMILES string of the molecule is CC(N=C=O)C1CCC(n2c(=O)n(C3CCCC(C(C)N=C=O)C3)c(=O)n(C3CCCC(C(C)N=C=O)C3)c2=O)CC1. The van der Waals surface area contributed by atoms with Gasteiger partial charge in [0.05, 0.1) is 18.1 Å². The van der Waals surface area contributed by atoms with Crippen molar-refractivity contribution in [2.75, 3.05) is 0 Å². The summed E-state index contributed by atoms with van der Waals surface area (Å²) in [6, 6.07) is -1.94. The predicted octanol–water partition coefficient (Wildman–Crippen LogP) is 3.54. The fourth-order valence-electron chi connectivity index (χ4n) is 7.69. The average Bonchev–Trinajstić information content (AvgIpc) is 2.98. The molecule has 4 rings (SSSR count). The smallest absolute Gasteiger partial charge is 0.247 e. The summed E-state index contributed by atoms with van der Waals surface area (Å²) in [6.45, 7) is 5.57. The lowest BCUT2D eigenvalue weighted by atomic mass is 9.81. The number of rotatable bonds is 9. The quantitative estimate of drug-likeness (QED) is 0.320. The summed E-state index contributed by atoms with van der Waals surface area (Å²) in [7, 11) is 0. The maximum atomic E-state index is 14.2. The van der Waals surface area contributed by atoms with E-state index in [4.69, 9.17) is 0 Å². The van der Waals surface area contributed by atoms with E-state index < -0.39 is 29.2 Å². The predicted molar refractivity (Wildman–Crippen MR) is 155 cm³/mol. The van der Waals surface area contributed by atoms with Crippen LogP contribution in [0.25, 0.3) is 0 Å². The van der Waals surface area contributed by atoms with Crippen molar-refractivity contribution in [1.29, 1.82) is 0 Å². The van der Waals surface area contributed by atoms with Crippen molar-refractivity contribution < 1.29 is 14.4 Å². The van der Waals surface area contributed by atoms with Gasteiger partial charge in [0.15, 0.2) is 0 Å². The van der Waals surface area contributed by atoms with E-state index in [9.17, 15) is 28.8 Å². The number of nitrogens with zero attached hydrogens (tertiary/aromatic N) is 6. The summed E-state index contributed by atoms with van der Waals surface area (Å²) in [5.74, 6) is 0.188. The van der Waals surface area contributed by atoms with Crippen LogP contribution in [-0.2, 0) is 14.4 Å². The Kier molecular flexibility index (Phi) is 10.6. The summed E-state index contributed by atoms with van der Waals surface area (Å²) in [4.78, 5) is 86.7. The number of carbonyl (C=O) groups excluding carboxylic acids is 3. The highest BCUT2D eigenvalue weighted by molar-refractivity contribution is 5.34. The van der Waals surface area contributed by atoms with Crippen molar-refractivity contribution in [2.24, 2.45) is 32.7 Å². The number of aliphatic imine (C=N–C) groups is 3. The molecule has 0 amide bonds. The topological polar surface area (TPSA) is 154 Å². The second-order valence-corrected chi connectivity index (χ2v) is 12.6. The molecule has 0 N–H and O–H groups in total.